The Labute approximate surface area is 423 Å². The molecule has 17 nitrogen and oxygen atoms in total. The van der Waals surface area contributed by atoms with Gasteiger partial charge in [-0.1, -0.05) is 12.1 Å². The number of aromatic nitrogens is 10. The molecule has 7 heterocycles. The fraction of sp³-hybridized carbons (Fsp3) is 0.148. The molecular weight excluding hydrogens is 969 g/mol. The van der Waals surface area contributed by atoms with Crippen molar-refractivity contribution in [3.8, 4) is 45.0 Å². The van der Waals surface area contributed by atoms with E-state index in [-0.39, 0.29) is 47.2 Å². The van der Waals surface area contributed by atoms with Crippen LogP contribution in [0.1, 0.15) is 27.9 Å². The molecule has 1 aliphatic heterocycles. The van der Waals surface area contributed by atoms with E-state index in [2.05, 4.69) is 29.9 Å². The lowest BCUT2D eigenvalue weighted by Crippen LogP contribution is -2.49. The SMILES string of the molecule is CCOC(=O)c1cn2c(-c3ccc4ncn(C)c4c3)c(-c3ccc(F)cc3)nc(N)c2n1.Cn1cnc2ccc(-c3c(-c4ccc(F)cc4)nc(N)c4nc(C(=O)N5CCN(c6ccc(F)cc6F)CC5)cn34)cc21. The highest BCUT2D eigenvalue weighted by Gasteiger charge is 2.28. The van der Waals surface area contributed by atoms with E-state index >= 15 is 0 Å². The van der Waals surface area contributed by atoms with Gasteiger partial charge in [0.15, 0.2) is 28.6 Å². The fourth-order valence-corrected chi connectivity index (χ4v) is 9.31. The summed E-state index contributed by atoms with van der Waals surface area (Å²) in [5, 5.41) is 0. The molecule has 6 aromatic heterocycles. The van der Waals surface area contributed by atoms with Gasteiger partial charge in [0.1, 0.15) is 29.0 Å². The maximum Gasteiger partial charge on any atom is 0.358 e. The maximum absolute atomic E-state index is 14.3. The summed E-state index contributed by atoms with van der Waals surface area (Å²) in [4.78, 5) is 56.4. The molecule has 21 heteroatoms. The van der Waals surface area contributed by atoms with Crippen LogP contribution in [0.15, 0.2) is 128 Å². The molecule has 0 bridgehead atoms. The number of imidazole rings is 4. The number of hydrogen-bond donors (Lipinski definition) is 2. The Morgan fingerprint density at radius 2 is 1.04 bits per heavy atom. The molecule has 0 atom stereocenters. The number of ether oxygens (including phenoxy) is 1. The summed E-state index contributed by atoms with van der Waals surface area (Å²) >= 11 is 0. The summed E-state index contributed by atoms with van der Waals surface area (Å²) in [6, 6.07) is 27.0. The van der Waals surface area contributed by atoms with E-state index in [0.717, 1.165) is 39.3 Å². The van der Waals surface area contributed by atoms with Crippen molar-refractivity contribution >= 4 is 62.6 Å². The smallest absolute Gasteiger partial charge is 0.358 e. The zero-order valence-electron chi connectivity index (χ0n) is 40.4. The molecule has 12 rings (SSSR count). The largest absolute Gasteiger partial charge is 0.461 e. The highest BCUT2D eigenvalue weighted by Crippen LogP contribution is 2.37. The predicted octanol–water partition coefficient (Wildman–Crippen LogP) is 8.76. The zero-order valence-corrected chi connectivity index (χ0v) is 40.4. The summed E-state index contributed by atoms with van der Waals surface area (Å²) in [5.41, 5.74) is 22.5. The third kappa shape index (κ3) is 8.82. The average Bonchev–Trinajstić information content (AvgIpc) is 4.23. The number of carbonyl (C=O) groups excluding carboxylic acids is 2. The van der Waals surface area contributed by atoms with Crippen LogP contribution in [0.2, 0.25) is 0 Å². The molecule has 1 amide bonds. The van der Waals surface area contributed by atoms with Crippen molar-refractivity contribution < 1.29 is 31.9 Å². The van der Waals surface area contributed by atoms with E-state index < -0.39 is 17.6 Å². The van der Waals surface area contributed by atoms with Gasteiger partial charge in [-0.3, -0.25) is 13.6 Å². The van der Waals surface area contributed by atoms with E-state index in [9.17, 15) is 27.2 Å². The number of nitrogen functional groups attached to an aromatic ring is 2. The van der Waals surface area contributed by atoms with Gasteiger partial charge in [-0.25, -0.2) is 52.3 Å². The third-order valence-electron chi connectivity index (χ3n) is 13.0. The van der Waals surface area contributed by atoms with Gasteiger partial charge in [-0.2, -0.15) is 0 Å². The molecule has 1 aliphatic rings. The van der Waals surface area contributed by atoms with Crippen LogP contribution in [0.25, 0.3) is 78.4 Å². The van der Waals surface area contributed by atoms with Gasteiger partial charge in [-0.15, -0.1) is 0 Å². The van der Waals surface area contributed by atoms with Crippen LogP contribution >= 0.6 is 0 Å². The second kappa shape index (κ2) is 19.1. The van der Waals surface area contributed by atoms with Crippen LogP contribution in [0.5, 0.6) is 0 Å². The molecule has 0 radical (unpaired) electrons. The van der Waals surface area contributed by atoms with Gasteiger partial charge < -0.3 is 35.1 Å². The number of hydrogen-bond acceptors (Lipinski definition) is 12. The first-order valence-corrected chi connectivity index (χ1v) is 23.6. The minimum absolute atomic E-state index is 0.111. The number of amides is 1. The molecule has 1 saturated heterocycles. The highest BCUT2D eigenvalue weighted by molar-refractivity contribution is 5.96. The summed E-state index contributed by atoms with van der Waals surface area (Å²) in [6.07, 6.45) is 6.69. The second-order valence-electron chi connectivity index (χ2n) is 17.8. The van der Waals surface area contributed by atoms with Crippen LogP contribution in [0.4, 0.5) is 34.9 Å². The number of benzene rings is 5. The average molecular weight is 1010 g/mol. The molecule has 376 valence electrons. The van der Waals surface area contributed by atoms with Crippen molar-refractivity contribution in [2.24, 2.45) is 14.1 Å². The number of carbonyl (C=O) groups is 2. The first kappa shape index (κ1) is 47.7. The first-order chi connectivity index (χ1) is 36.2. The lowest BCUT2D eigenvalue weighted by molar-refractivity contribution is 0.0520. The summed E-state index contributed by atoms with van der Waals surface area (Å²) in [6.45, 7) is 3.34. The normalized spacial score (nSPS) is 12.7. The first-order valence-electron chi connectivity index (χ1n) is 23.6. The van der Waals surface area contributed by atoms with Crippen molar-refractivity contribution in [2.75, 3.05) is 49.2 Å². The minimum Gasteiger partial charge on any atom is -0.461 e. The molecule has 4 N–H and O–H groups in total. The topological polar surface area (TPSA) is 198 Å². The summed E-state index contributed by atoms with van der Waals surface area (Å²) < 4.78 is 67.5. The quantitative estimate of drug-likeness (QED) is 0.109. The van der Waals surface area contributed by atoms with E-state index in [1.165, 1.54) is 36.4 Å². The van der Waals surface area contributed by atoms with Crippen LogP contribution in [-0.2, 0) is 18.8 Å². The number of rotatable bonds is 8. The Morgan fingerprint density at radius 3 is 1.53 bits per heavy atom. The van der Waals surface area contributed by atoms with Gasteiger partial charge in [0.05, 0.1) is 69.8 Å². The molecule has 0 spiro atoms. The minimum atomic E-state index is -0.642. The lowest BCUT2D eigenvalue weighted by atomic mass is 10.0. The molecule has 5 aromatic carbocycles. The van der Waals surface area contributed by atoms with E-state index in [1.54, 1.807) is 74.8 Å². The van der Waals surface area contributed by atoms with Crippen LogP contribution in [-0.4, -0.2) is 97.4 Å². The van der Waals surface area contributed by atoms with Crippen molar-refractivity contribution in [3.63, 3.8) is 0 Å². The van der Waals surface area contributed by atoms with Crippen LogP contribution in [0, 0.1) is 23.3 Å². The van der Waals surface area contributed by atoms with Crippen molar-refractivity contribution in [3.05, 3.63) is 163 Å². The third-order valence-corrected chi connectivity index (χ3v) is 13.0. The van der Waals surface area contributed by atoms with Gasteiger partial charge in [0.25, 0.3) is 5.91 Å². The summed E-state index contributed by atoms with van der Waals surface area (Å²) in [5.74, 6) is -2.62. The van der Waals surface area contributed by atoms with Gasteiger partial charge >= 0.3 is 5.97 Å². The molecule has 1 fully saturated rings. The number of nitrogens with two attached hydrogens (primary N) is 2. The Hall–Kier alpha value is -9.66. The van der Waals surface area contributed by atoms with Crippen molar-refractivity contribution in [1.82, 2.24) is 52.7 Å². The Kier molecular flexibility index (Phi) is 12.1. The fourth-order valence-electron chi connectivity index (χ4n) is 9.31. The number of nitrogens with zero attached hydrogens (tertiary/aromatic N) is 12. The number of anilines is 3. The molecule has 0 unspecified atom stereocenters. The zero-order chi connectivity index (χ0) is 52.2. The number of fused-ring (bicyclic) bond motifs is 4. The Bertz CT molecular complexity index is 4030. The number of halogens is 4. The lowest BCUT2D eigenvalue weighted by Gasteiger charge is -2.35. The standard InChI is InChI=1S/C31H25F3N8O.C23H19FN6O2/c1-39-17-36-23-8-4-19(14-26(23)39)28-27(18-2-5-20(32)6-3-18)38-29(35)30-37-24(16-42(28)30)31(43)41-12-10-40(11-13-41)25-9-7-21(33)15-22(25)34;1-3-32-23(31)17-11-30-20(14-6-9-16-18(10-14)29(2)12-26-16)19(28-21(25)22(30)27-17)13-4-7-15(24)8-5-13/h2-9,14-17H,10-13H2,1H3,(H2,35,38);4-12H,3H2,1-2H3,(H2,25,28). The molecular formula is C54H44F4N14O3. The van der Waals surface area contributed by atoms with E-state index in [1.807, 2.05) is 59.6 Å². The maximum atomic E-state index is 14.3. The number of esters is 1. The Balaban J connectivity index is 0.000000168. The van der Waals surface area contributed by atoms with Gasteiger partial charge in [-0.05, 0) is 91.9 Å². The van der Waals surface area contributed by atoms with Crippen molar-refractivity contribution in [1.29, 1.82) is 0 Å². The molecule has 11 aromatic rings. The van der Waals surface area contributed by atoms with E-state index in [4.69, 9.17) is 16.2 Å². The Morgan fingerprint density at radius 1 is 0.573 bits per heavy atom. The van der Waals surface area contributed by atoms with Crippen molar-refractivity contribution in [2.45, 2.75) is 6.92 Å². The second-order valence-corrected chi connectivity index (χ2v) is 17.8. The van der Waals surface area contributed by atoms with E-state index in [0.29, 0.717) is 77.1 Å². The number of aryl methyl sites for hydroxylation is 2. The van der Waals surface area contributed by atoms with Crippen LogP contribution < -0.4 is 16.4 Å². The van der Waals surface area contributed by atoms with Gasteiger partial charge in [0, 0.05) is 81.0 Å². The monoisotopic (exact) mass is 1010 g/mol. The van der Waals surface area contributed by atoms with Gasteiger partial charge in [0.2, 0.25) is 0 Å². The molecule has 0 saturated carbocycles. The predicted molar refractivity (Wildman–Crippen MR) is 275 cm³/mol. The summed E-state index contributed by atoms with van der Waals surface area (Å²) in [7, 11) is 3.81. The molecule has 75 heavy (non-hydrogen) atoms. The van der Waals surface area contributed by atoms with Crippen LogP contribution in [0.3, 0.4) is 0 Å². The molecule has 0 aliphatic carbocycles. The highest BCUT2D eigenvalue weighted by atomic mass is 19.1. The number of piperazine rings is 1.